The van der Waals surface area contributed by atoms with Gasteiger partial charge in [-0.05, 0) is 66.3 Å². The van der Waals surface area contributed by atoms with E-state index in [1.54, 1.807) is 36.4 Å². The molecule has 0 amide bonds. The van der Waals surface area contributed by atoms with Crippen molar-refractivity contribution in [3.63, 3.8) is 0 Å². The highest BCUT2D eigenvalue weighted by Gasteiger charge is 2.44. The Kier molecular flexibility index (Phi) is 11.4. The number of hydrogen-bond donors (Lipinski definition) is 7. The highest BCUT2D eigenvalue weighted by molar-refractivity contribution is 6.31. The van der Waals surface area contributed by atoms with E-state index in [-0.39, 0.29) is 57.9 Å². The van der Waals surface area contributed by atoms with Gasteiger partial charge in [0.2, 0.25) is 6.29 Å². The third-order valence-corrected chi connectivity index (χ3v) is 9.55. The van der Waals surface area contributed by atoms with Crippen LogP contribution >= 0.6 is 0 Å². The third kappa shape index (κ3) is 7.70. The first-order chi connectivity index (χ1) is 25.8. The van der Waals surface area contributed by atoms with E-state index >= 15 is 0 Å². The van der Waals surface area contributed by atoms with Crippen molar-refractivity contribution in [3.8, 4) is 17.2 Å². The third-order valence-electron chi connectivity index (χ3n) is 9.55. The summed E-state index contributed by atoms with van der Waals surface area (Å²) in [6, 6.07) is 18.4. The molecule has 0 unspecified atom stereocenters. The Hall–Kier alpha value is -5.25. The SMILES string of the molecule is CC(=O)Oc1ccc2c(c1/C=C\c1cccc(CCCO)c1)C(=O)c1cc(O[C@H]3O[C@@H](C)[C@@H](O)[C@@H](O)[C@H]3O)c(Cc3cccc(C(N)N)c3)c(O)c1C2=O. The minimum absolute atomic E-state index is 0.0223. The number of carbonyl (C=O) groups is 3. The maximum Gasteiger partial charge on any atom is 0.308 e. The molecule has 4 aromatic rings. The van der Waals surface area contributed by atoms with Gasteiger partial charge in [0.25, 0.3) is 0 Å². The number of phenolic OH excluding ortho intramolecular Hbond substituents is 1. The first kappa shape index (κ1) is 38.5. The van der Waals surface area contributed by atoms with E-state index < -0.39 is 60.2 Å². The number of aliphatic hydroxyl groups excluding tert-OH is 4. The van der Waals surface area contributed by atoms with Crippen molar-refractivity contribution in [2.75, 3.05) is 6.61 Å². The zero-order valence-corrected chi connectivity index (χ0v) is 29.6. The minimum Gasteiger partial charge on any atom is -0.507 e. The highest BCUT2D eigenvalue weighted by Crippen LogP contribution is 2.44. The monoisotopic (exact) mass is 738 g/mol. The Morgan fingerprint density at radius 2 is 1.59 bits per heavy atom. The summed E-state index contributed by atoms with van der Waals surface area (Å²) in [6.07, 6.45) is -3.67. The van der Waals surface area contributed by atoms with Crippen LogP contribution in [0.4, 0.5) is 0 Å². The molecular weight excluding hydrogens is 696 g/mol. The number of fused-ring (bicyclic) bond motifs is 2. The molecule has 1 heterocycles. The fourth-order valence-electron chi connectivity index (χ4n) is 6.75. The van der Waals surface area contributed by atoms with Crippen LogP contribution in [0.15, 0.2) is 66.7 Å². The summed E-state index contributed by atoms with van der Waals surface area (Å²) in [7, 11) is 0. The summed E-state index contributed by atoms with van der Waals surface area (Å²) in [5.74, 6) is -2.72. The van der Waals surface area contributed by atoms with Crippen molar-refractivity contribution in [1.29, 1.82) is 0 Å². The number of benzene rings is 4. The first-order valence-corrected chi connectivity index (χ1v) is 17.5. The predicted molar refractivity (Wildman–Crippen MR) is 197 cm³/mol. The van der Waals surface area contributed by atoms with E-state index in [1.807, 2.05) is 24.3 Å². The van der Waals surface area contributed by atoms with E-state index in [4.69, 9.17) is 25.7 Å². The standard InChI is InChI=1S/C41H42N2O11/c1-20-34(46)38(50)39(51)41(52-20)54-31-19-29-33(36(48)28(31)18-24-8-4-10-25(17-24)40(42)43)35(47)27-13-14-30(53-21(2)45)26(32(27)37(29)49)12-11-23-7-3-6-22(16-23)9-5-15-44/h3-4,6-8,10-14,16-17,19-20,34,38-41,44,46,48,50-51H,5,9,15,18,42-43H2,1-2H3/b12-11-/t20-,34+,38+,39+,41+/m0/s1. The topological polar surface area (TPSA) is 232 Å². The second kappa shape index (κ2) is 16.0. The van der Waals surface area contributed by atoms with Gasteiger partial charge in [0.1, 0.15) is 35.6 Å². The van der Waals surface area contributed by atoms with Gasteiger partial charge >= 0.3 is 5.97 Å². The van der Waals surface area contributed by atoms with E-state index in [0.29, 0.717) is 24.0 Å². The molecule has 54 heavy (non-hydrogen) atoms. The molecule has 1 aliphatic heterocycles. The Balaban J connectivity index is 1.49. The molecule has 0 radical (unpaired) electrons. The second-order valence-corrected chi connectivity index (χ2v) is 13.4. The average molecular weight is 739 g/mol. The lowest BCUT2D eigenvalue weighted by Gasteiger charge is -2.39. The second-order valence-electron chi connectivity index (χ2n) is 13.4. The van der Waals surface area contributed by atoms with E-state index in [1.165, 1.54) is 32.0 Å². The Morgan fingerprint density at radius 3 is 2.31 bits per heavy atom. The van der Waals surface area contributed by atoms with Crippen LogP contribution < -0.4 is 20.9 Å². The van der Waals surface area contributed by atoms with Crippen molar-refractivity contribution in [1.82, 2.24) is 0 Å². The maximum absolute atomic E-state index is 14.6. The Morgan fingerprint density at radius 1 is 0.870 bits per heavy atom. The molecule has 9 N–H and O–H groups in total. The van der Waals surface area contributed by atoms with Crippen LogP contribution in [0.25, 0.3) is 12.2 Å². The van der Waals surface area contributed by atoms with Gasteiger partial charge < -0.3 is 51.2 Å². The van der Waals surface area contributed by atoms with Gasteiger partial charge in [-0.15, -0.1) is 0 Å². The number of nitrogens with two attached hydrogens (primary N) is 2. The quantitative estimate of drug-likeness (QED) is 0.0448. The molecule has 4 aromatic carbocycles. The van der Waals surface area contributed by atoms with Gasteiger partial charge in [-0.25, -0.2) is 0 Å². The molecule has 0 bridgehead atoms. The fourth-order valence-corrected chi connectivity index (χ4v) is 6.75. The van der Waals surface area contributed by atoms with Crippen LogP contribution in [0.1, 0.15) is 91.7 Å². The number of ketones is 2. The van der Waals surface area contributed by atoms with Gasteiger partial charge in [-0.1, -0.05) is 54.6 Å². The van der Waals surface area contributed by atoms with Crippen molar-refractivity contribution in [2.45, 2.75) is 70.0 Å². The smallest absolute Gasteiger partial charge is 0.308 e. The van der Waals surface area contributed by atoms with Gasteiger partial charge in [0, 0.05) is 47.8 Å². The molecule has 1 aliphatic carbocycles. The van der Waals surface area contributed by atoms with Gasteiger partial charge in [-0.2, -0.15) is 0 Å². The molecule has 282 valence electrons. The van der Waals surface area contributed by atoms with E-state index in [2.05, 4.69) is 0 Å². The largest absolute Gasteiger partial charge is 0.507 e. The summed E-state index contributed by atoms with van der Waals surface area (Å²) in [5.41, 5.74) is 14.3. The highest BCUT2D eigenvalue weighted by atomic mass is 16.7. The summed E-state index contributed by atoms with van der Waals surface area (Å²) in [4.78, 5) is 41.1. The molecular formula is C41H42N2O11. The van der Waals surface area contributed by atoms with Gasteiger partial charge in [0.15, 0.2) is 11.6 Å². The molecule has 0 aromatic heterocycles. The number of aliphatic hydroxyl groups is 4. The van der Waals surface area contributed by atoms with Crippen LogP contribution in [0.2, 0.25) is 0 Å². The lowest BCUT2D eigenvalue weighted by atomic mass is 9.79. The number of rotatable bonds is 11. The van der Waals surface area contributed by atoms with Crippen LogP contribution in [-0.4, -0.2) is 80.4 Å². The minimum atomic E-state index is -1.73. The number of ether oxygens (including phenoxy) is 3. The van der Waals surface area contributed by atoms with Crippen LogP contribution in [-0.2, 0) is 22.4 Å². The number of esters is 1. The lowest BCUT2D eigenvalue weighted by molar-refractivity contribution is -0.268. The number of aromatic hydroxyl groups is 1. The number of hydrogen-bond acceptors (Lipinski definition) is 13. The molecule has 0 saturated carbocycles. The molecule has 1 saturated heterocycles. The number of carbonyl (C=O) groups excluding carboxylic acids is 3. The van der Waals surface area contributed by atoms with E-state index in [0.717, 1.165) is 11.1 Å². The van der Waals surface area contributed by atoms with Crippen molar-refractivity contribution in [3.05, 3.63) is 122 Å². The van der Waals surface area contributed by atoms with Gasteiger partial charge in [-0.3, -0.25) is 14.4 Å². The zero-order chi connectivity index (χ0) is 38.8. The Bertz CT molecular complexity index is 2130. The van der Waals surface area contributed by atoms with Crippen LogP contribution in [0.5, 0.6) is 17.2 Å². The number of phenols is 1. The summed E-state index contributed by atoms with van der Waals surface area (Å²) >= 11 is 0. The number of aryl methyl sites for hydroxylation is 1. The molecule has 13 heteroatoms. The van der Waals surface area contributed by atoms with Crippen molar-refractivity contribution < 1.29 is 54.1 Å². The van der Waals surface area contributed by atoms with Crippen molar-refractivity contribution in [2.24, 2.45) is 11.5 Å². The maximum atomic E-state index is 14.6. The summed E-state index contributed by atoms with van der Waals surface area (Å²) < 4.78 is 17.3. The van der Waals surface area contributed by atoms with Gasteiger partial charge in [0.05, 0.1) is 17.8 Å². The lowest BCUT2D eigenvalue weighted by Crippen LogP contribution is -2.58. The molecule has 2 aliphatic rings. The molecule has 1 fully saturated rings. The molecule has 0 spiro atoms. The van der Waals surface area contributed by atoms with Crippen LogP contribution in [0, 0.1) is 0 Å². The fraction of sp³-hybridized carbons (Fsp3) is 0.293. The molecule has 5 atom stereocenters. The normalized spacial score (nSPS) is 20.9. The van der Waals surface area contributed by atoms with Crippen molar-refractivity contribution >= 4 is 29.7 Å². The molecule has 13 nitrogen and oxygen atoms in total. The Labute approximate surface area is 311 Å². The summed E-state index contributed by atoms with van der Waals surface area (Å²) in [6.45, 7) is 2.72. The molecule has 6 rings (SSSR count). The first-order valence-electron chi connectivity index (χ1n) is 17.5. The predicted octanol–water partition coefficient (Wildman–Crippen LogP) is 2.90. The van der Waals surface area contributed by atoms with E-state index in [9.17, 15) is 39.9 Å². The zero-order valence-electron chi connectivity index (χ0n) is 29.6. The van der Waals surface area contributed by atoms with Crippen LogP contribution in [0.3, 0.4) is 0 Å². The average Bonchev–Trinajstić information content (AvgIpc) is 3.14. The summed E-state index contributed by atoms with van der Waals surface area (Å²) in [5, 5.41) is 52.8.